The molecule has 0 aliphatic carbocycles. The number of aliphatic hydroxyl groups excluding tert-OH is 1. The lowest BCUT2D eigenvalue weighted by atomic mass is 10.4. The summed E-state index contributed by atoms with van der Waals surface area (Å²) in [6, 6.07) is 0. The van der Waals surface area contributed by atoms with Crippen molar-refractivity contribution in [3.63, 3.8) is 0 Å². The van der Waals surface area contributed by atoms with Crippen LogP contribution in [0.3, 0.4) is 0 Å². The minimum atomic E-state index is 0.0167. The molecular formula is C13H19N7O. The third kappa shape index (κ3) is 3.54. The van der Waals surface area contributed by atoms with Gasteiger partial charge in [-0.2, -0.15) is 4.98 Å². The fraction of sp³-hybridized carbons (Fsp3) is 0.385. The SMILES string of the molecule is C=CCNc1nc(N(C)C)c2nc(NCCO)ncc2n1. The molecule has 0 fully saturated rings. The zero-order chi connectivity index (χ0) is 15.2. The minimum Gasteiger partial charge on any atom is -0.395 e. The molecule has 0 unspecified atom stereocenters. The molecule has 0 saturated carbocycles. The second-order valence-electron chi connectivity index (χ2n) is 4.51. The number of hydrogen-bond acceptors (Lipinski definition) is 8. The van der Waals surface area contributed by atoms with Crippen LogP contribution in [0.25, 0.3) is 11.0 Å². The maximum absolute atomic E-state index is 8.84. The van der Waals surface area contributed by atoms with Crippen molar-refractivity contribution in [2.45, 2.75) is 0 Å². The summed E-state index contributed by atoms with van der Waals surface area (Å²) in [4.78, 5) is 19.3. The molecule has 0 atom stereocenters. The number of hydrogen-bond donors (Lipinski definition) is 3. The predicted octanol–water partition coefficient (Wildman–Crippen LogP) is 0.488. The highest BCUT2D eigenvalue weighted by Gasteiger charge is 2.12. The molecule has 0 aliphatic heterocycles. The Kier molecular flexibility index (Phi) is 4.83. The zero-order valence-corrected chi connectivity index (χ0v) is 12.2. The zero-order valence-electron chi connectivity index (χ0n) is 12.2. The summed E-state index contributed by atoms with van der Waals surface area (Å²) < 4.78 is 0. The predicted molar refractivity (Wildman–Crippen MR) is 83.7 cm³/mol. The minimum absolute atomic E-state index is 0.0167. The quantitative estimate of drug-likeness (QED) is 0.633. The maximum Gasteiger partial charge on any atom is 0.225 e. The van der Waals surface area contributed by atoms with Gasteiger partial charge in [0, 0.05) is 27.2 Å². The van der Waals surface area contributed by atoms with Gasteiger partial charge in [0.1, 0.15) is 11.0 Å². The molecule has 3 N–H and O–H groups in total. The number of anilines is 3. The van der Waals surface area contributed by atoms with Crippen molar-refractivity contribution in [2.24, 2.45) is 0 Å². The van der Waals surface area contributed by atoms with Crippen LogP contribution in [0.15, 0.2) is 18.9 Å². The molecule has 0 spiro atoms. The van der Waals surface area contributed by atoms with Crippen LogP contribution in [-0.2, 0) is 0 Å². The second-order valence-corrected chi connectivity index (χ2v) is 4.51. The van der Waals surface area contributed by atoms with Crippen molar-refractivity contribution in [2.75, 3.05) is 49.3 Å². The number of aliphatic hydroxyl groups is 1. The number of rotatable bonds is 7. The van der Waals surface area contributed by atoms with E-state index in [9.17, 15) is 0 Å². The number of nitrogens with one attached hydrogen (secondary N) is 2. The molecule has 0 saturated heterocycles. The van der Waals surface area contributed by atoms with E-state index < -0.39 is 0 Å². The summed E-state index contributed by atoms with van der Waals surface area (Å²) in [5, 5.41) is 14.8. The summed E-state index contributed by atoms with van der Waals surface area (Å²) in [6.07, 6.45) is 3.37. The molecule has 112 valence electrons. The van der Waals surface area contributed by atoms with Crippen molar-refractivity contribution >= 4 is 28.7 Å². The van der Waals surface area contributed by atoms with E-state index in [0.717, 1.165) is 0 Å². The van der Waals surface area contributed by atoms with E-state index in [1.165, 1.54) is 0 Å². The molecule has 21 heavy (non-hydrogen) atoms. The van der Waals surface area contributed by atoms with Crippen LogP contribution >= 0.6 is 0 Å². The first-order valence-electron chi connectivity index (χ1n) is 6.57. The monoisotopic (exact) mass is 289 g/mol. The van der Waals surface area contributed by atoms with Gasteiger partial charge in [-0.15, -0.1) is 6.58 Å². The van der Waals surface area contributed by atoms with Gasteiger partial charge in [-0.05, 0) is 0 Å². The third-order valence-electron chi connectivity index (χ3n) is 2.64. The molecule has 0 aromatic carbocycles. The van der Waals surface area contributed by atoms with Gasteiger partial charge in [-0.1, -0.05) is 6.08 Å². The summed E-state index contributed by atoms with van der Waals surface area (Å²) >= 11 is 0. The first kappa shape index (κ1) is 14.9. The van der Waals surface area contributed by atoms with E-state index in [0.29, 0.717) is 41.8 Å². The lowest BCUT2D eigenvalue weighted by molar-refractivity contribution is 0.311. The molecule has 0 bridgehead atoms. The fourth-order valence-electron chi connectivity index (χ4n) is 1.72. The summed E-state index contributed by atoms with van der Waals surface area (Å²) in [5.41, 5.74) is 1.30. The van der Waals surface area contributed by atoms with Crippen molar-refractivity contribution in [3.8, 4) is 0 Å². The third-order valence-corrected chi connectivity index (χ3v) is 2.64. The highest BCUT2D eigenvalue weighted by atomic mass is 16.3. The topological polar surface area (TPSA) is 99.1 Å². The molecule has 2 rings (SSSR count). The highest BCUT2D eigenvalue weighted by Crippen LogP contribution is 2.22. The standard InChI is InChI=1S/C13H19N7O/c1-4-5-14-13-17-9-8-16-12(15-6-7-21)18-10(9)11(19-13)20(2)3/h4,8,21H,1,5-7H2,2-3H3,(H,14,17,19)(H,15,16,18). The van der Waals surface area contributed by atoms with Crippen molar-refractivity contribution in [1.82, 2.24) is 19.9 Å². The lowest BCUT2D eigenvalue weighted by Crippen LogP contribution is -2.15. The van der Waals surface area contributed by atoms with Crippen molar-refractivity contribution in [3.05, 3.63) is 18.9 Å². The Morgan fingerprint density at radius 1 is 1.24 bits per heavy atom. The van der Waals surface area contributed by atoms with Crippen LogP contribution < -0.4 is 15.5 Å². The van der Waals surface area contributed by atoms with Crippen LogP contribution in [0.1, 0.15) is 0 Å². The van der Waals surface area contributed by atoms with Gasteiger partial charge in [0.05, 0.1) is 12.8 Å². The Hall–Kier alpha value is -2.48. The largest absolute Gasteiger partial charge is 0.395 e. The molecule has 8 nitrogen and oxygen atoms in total. The van der Waals surface area contributed by atoms with Crippen LogP contribution in [0, 0.1) is 0 Å². The Bertz CT molecular complexity index is 629. The van der Waals surface area contributed by atoms with Crippen LogP contribution in [0.5, 0.6) is 0 Å². The molecule has 8 heteroatoms. The molecule has 0 radical (unpaired) electrons. The Morgan fingerprint density at radius 3 is 2.71 bits per heavy atom. The second kappa shape index (κ2) is 6.80. The molecule has 2 aromatic heterocycles. The van der Waals surface area contributed by atoms with E-state index in [1.54, 1.807) is 12.3 Å². The van der Waals surface area contributed by atoms with E-state index in [1.807, 2.05) is 19.0 Å². The number of nitrogens with zero attached hydrogens (tertiary/aromatic N) is 5. The molecular weight excluding hydrogens is 270 g/mol. The average molecular weight is 289 g/mol. The van der Waals surface area contributed by atoms with Gasteiger partial charge < -0.3 is 20.6 Å². The molecule has 2 aromatic rings. The Labute approximate surface area is 123 Å². The van der Waals surface area contributed by atoms with Crippen LogP contribution in [0.2, 0.25) is 0 Å². The maximum atomic E-state index is 8.84. The van der Waals surface area contributed by atoms with E-state index >= 15 is 0 Å². The summed E-state index contributed by atoms with van der Waals surface area (Å²) in [7, 11) is 3.78. The summed E-state index contributed by atoms with van der Waals surface area (Å²) in [5.74, 6) is 1.64. The van der Waals surface area contributed by atoms with E-state index in [-0.39, 0.29) is 6.61 Å². The normalized spacial score (nSPS) is 10.4. The molecule has 0 aliphatic rings. The van der Waals surface area contributed by atoms with Crippen LogP contribution in [0.4, 0.5) is 17.7 Å². The highest BCUT2D eigenvalue weighted by molar-refractivity contribution is 5.86. The summed E-state index contributed by atoms with van der Waals surface area (Å²) in [6.45, 7) is 4.64. The number of aromatic nitrogens is 4. The van der Waals surface area contributed by atoms with Gasteiger partial charge in [-0.25, -0.2) is 15.0 Å². The van der Waals surface area contributed by atoms with Gasteiger partial charge in [0.25, 0.3) is 0 Å². The average Bonchev–Trinajstić information content (AvgIpc) is 2.49. The van der Waals surface area contributed by atoms with Crippen LogP contribution in [-0.4, -0.2) is 58.8 Å². The van der Waals surface area contributed by atoms with Gasteiger partial charge >= 0.3 is 0 Å². The smallest absolute Gasteiger partial charge is 0.225 e. The molecule has 0 amide bonds. The van der Waals surface area contributed by atoms with E-state index in [4.69, 9.17) is 5.11 Å². The van der Waals surface area contributed by atoms with Crippen molar-refractivity contribution < 1.29 is 5.11 Å². The van der Waals surface area contributed by atoms with Crippen molar-refractivity contribution in [1.29, 1.82) is 0 Å². The lowest BCUT2D eigenvalue weighted by Gasteiger charge is -2.15. The first-order chi connectivity index (χ1) is 10.2. The van der Waals surface area contributed by atoms with Gasteiger partial charge in [0.2, 0.25) is 11.9 Å². The Morgan fingerprint density at radius 2 is 2.05 bits per heavy atom. The number of fused-ring (bicyclic) bond motifs is 1. The Balaban J connectivity index is 2.45. The van der Waals surface area contributed by atoms with Gasteiger partial charge in [0.15, 0.2) is 5.82 Å². The van der Waals surface area contributed by atoms with Gasteiger partial charge in [-0.3, -0.25) is 0 Å². The first-order valence-corrected chi connectivity index (χ1v) is 6.57. The fourth-order valence-corrected chi connectivity index (χ4v) is 1.72. The van der Waals surface area contributed by atoms with E-state index in [2.05, 4.69) is 37.1 Å². The molecule has 2 heterocycles.